The molecule has 0 saturated carbocycles. The minimum Gasteiger partial charge on any atom is -0.380 e. The van der Waals surface area contributed by atoms with Crippen molar-refractivity contribution in [1.82, 2.24) is 5.32 Å². The second-order valence-electron chi connectivity index (χ2n) is 6.04. The molecule has 0 aromatic heterocycles. The SMILES string of the molecule is CC(C)(C)S(=O)(=O)CCOCCC1CCCNC1. The van der Waals surface area contributed by atoms with Crippen molar-refractivity contribution in [3.8, 4) is 0 Å². The molecule has 0 bridgehead atoms. The van der Waals surface area contributed by atoms with Gasteiger partial charge in [0.15, 0.2) is 9.84 Å². The van der Waals surface area contributed by atoms with Gasteiger partial charge in [-0.25, -0.2) is 8.42 Å². The van der Waals surface area contributed by atoms with Crippen LogP contribution < -0.4 is 5.32 Å². The molecular formula is C13H27NO3S. The maximum Gasteiger partial charge on any atom is 0.157 e. The highest BCUT2D eigenvalue weighted by atomic mass is 32.2. The lowest BCUT2D eigenvalue weighted by molar-refractivity contribution is 0.128. The molecule has 4 nitrogen and oxygen atoms in total. The third-order valence-electron chi connectivity index (χ3n) is 3.50. The van der Waals surface area contributed by atoms with Gasteiger partial charge < -0.3 is 10.1 Å². The summed E-state index contributed by atoms with van der Waals surface area (Å²) in [6.07, 6.45) is 3.53. The molecule has 1 saturated heterocycles. The van der Waals surface area contributed by atoms with Crippen LogP contribution in [0.3, 0.4) is 0 Å². The molecule has 5 heteroatoms. The summed E-state index contributed by atoms with van der Waals surface area (Å²) >= 11 is 0. The number of hydrogen-bond acceptors (Lipinski definition) is 4. The minimum absolute atomic E-state index is 0.124. The van der Waals surface area contributed by atoms with Crippen molar-refractivity contribution >= 4 is 9.84 Å². The lowest BCUT2D eigenvalue weighted by Crippen LogP contribution is -2.32. The molecule has 1 aliphatic rings. The first kappa shape index (κ1) is 15.9. The predicted octanol–water partition coefficient (Wildman–Crippen LogP) is 1.61. The Kier molecular flexibility index (Phi) is 6.08. The van der Waals surface area contributed by atoms with Gasteiger partial charge in [0.25, 0.3) is 0 Å². The van der Waals surface area contributed by atoms with Gasteiger partial charge in [-0.2, -0.15) is 0 Å². The third kappa shape index (κ3) is 5.24. The summed E-state index contributed by atoms with van der Waals surface area (Å²) in [6, 6.07) is 0. The van der Waals surface area contributed by atoms with E-state index in [1.54, 1.807) is 20.8 Å². The molecule has 1 rings (SSSR count). The van der Waals surface area contributed by atoms with Crippen LogP contribution in [0.15, 0.2) is 0 Å². The summed E-state index contributed by atoms with van der Waals surface area (Å²) in [5.74, 6) is 0.817. The van der Waals surface area contributed by atoms with Crippen molar-refractivity contribution in [2.75, 3.05) is 32.1 Å². The van der Waals surface area contributed by atoms with Crippen molar-refractivity contribution in [3.63, 3.8) is 0 Å². The smallest absolute Gasteiger partial charge is 0.157 e. The van der Waals surface area contributed by atoms with Crippen molar-refractivity contribution in [2.24, 2.45) is 5.92 Å². The minimum atomic E-state index is -3.04. The van der Waals surface area contributed by atoms with E-state index < -0.39 is 14.6 Å². The Labute approximate surface area is 111 Å². The summed E-state index contributed by atoms with van der Waals surface area (Å²) in [4.78, 5) is 0. The highest BCUT2D eigenvalue weighted by molar-refractivity contribution is 7.92. The van der Waals surface area contributed by atoms with Gasteiger partial charge in [0.1, 0.15) is 0 Å². The lowest BCUT2D eigenvalue weighted by atomic mass is 9.97. The van der Waals surface area contributed by atoms with Crippen LogP contribution in [0.1, 0.15) is 40.0 Å². The Bertz CT molecular complexity index is 327. The first-order valence-electron chi connectivity index (χ1n) is 6.84. The molecule has 1 N–H and O–H groups in total. The second-order valence-corrected chi connectivity index (χ2v) is 8.91. The Morgan fingerprint density at radius 3 is 2.56 bits per heavy atom. The normalized spacial score (nSPS) is 22.1. The van der Waals surface area contributed by atoms with E-state index in [1.807, 2.05) is 0 Å². The second kappa shape index (κ2) is 6.87. The molecule has 1 aliphatic heterocycles. The number of piperidine rings is 1. The summed E-state index contributed by atoms with van der Waals surface area (Å²) in [6.45, 7) is 8.39. The molecule has 1 heterocycles. The quantitative estimate of drug-likeness (QED) is 0.749. The van der Waals surface area contributed by atoms with Gasteiger partial charge in [0.05, 0.1) is 17.1 Å². The molecule has 18 heavy (non-hydrogen) atoms. The maximum atomic E-state index is 11.8. The van der Waals surface area contributed by atoms with Crippen LogP contribution in [-0.4, -0.2) is 45.2 Å². The van der Waals surface area contributed by atoms with E-state index >= 15 is 0 Å². The molecule has 0 aliphatic carbocycles. The molecule has 1 fully saturated rings. The molecule has 0 radical (unpaired) electrons. The number of nitrogens with one attached hydrogen (secondary N) is 1. The van der Waals surface area contributed by atoms with Gasteiger partial charge in [-0.15, -0.1) is 0 Å². The molecule has 1 unspecified atom stereocenters. The first-order valence-corrected chi connectivity index (χ1v) is 8.49. The van der Waals surface area contributed by atoms with Crippen molar-refractivity contribution in [1.29, 1.82) is 0 Å². The van der Waals surface area contributed by atoms with Crippen molar-refractivity contribution in [2.45, 2.75) is 44.8 Å². The summed E-state index contributed by atoms with van der Waals surface area (Å²) in [7, 11) is -3.04. The van der Waals surface area contributed by atoms with Crippen molar-refractivity contribution in [3.05, 3.63) is 0 Å². The Morgan fingerprint density at radius 1 is 1.28 bits per heavy atom. The van der Waals surface area contributed by atoms with Crippen LogP contribution in [0.25, 0.3) is 0 Å². The summed E-state index contributed by atoms with van der Waals surface area (Å²) < 4.78 is 28.4. The van der Waals surface area contributed by atoms with E-state index in [-0.39, 0.29) is 5.75 Å². The molecule has 0 aromatic carbocycles. The Morgan fingerprint density at radius 2 is 2.00 bits per heavy atom. The van der Waals surface area contributed by atoms with Gasteiger partial charge >= 0.3 is 0 Å². The first-order chi connectivity index (χ1) is 8.33. The standard InChI is InChI=1S/C13H27NO3S/c1-13(2,3)18(15,16)10-9-17-8-6-12-5-4-7-14-11-12/h12,14H,4-11H2,1-3H3. The number of ether oxygens (including phenoxy) is 1. The van der Waals surface area contributed by atoms with Crippen LogP contribution in [0.5, 0.6) is 0 Å². The van der Waals surface area contributed by atoms with Crippen molar-refractivity contribution < 1.29 is 13.2 Å². The van der Waals surface area contributed by atoms with E-state index in [0.29, 0.717) is 19.1 Å². The number of sulfone groups is 1. The number of rotatable bonds is 6. The van der Waals surface area contributed by atoms with Gasteiger partial charge in [-0.05, 0) is 59.0 Å². The average Bonchev–Trinajstić information content (AvgIpc) is 2.28. The van der Waals surface area contributed by atoms with Gasteiger partial charge in [0, 0.05) is 6.61 Å². The predicted molar refractivity (Wildman–Crippen MR) is 74.6 cm³/mol. The summed E-state index contributed by atoms with van der Waals surface area (Å²) in [5, 5.41) is 3.37. The molecule has 0 aromatic rings. The fourth-order valence-electron chi connectivity index (χ4n) is 2.00. The number of hydrogen-bond donors (Lipinski definition) is 1. The fourth-order valence-corrected chi connectivity index (χ4v) is 2.95. The average molecular weight is 277 g/mol. The van der Waals surface area contributed by atoms with Crippen LogP contribution >= 0.6 is 0 Å². The van der Waals surface area contributed by atoms with E-state index in [0.717, 1.165) is 19.5 Å². The molecule has 0 amide bonds. The zero-order valence-corrected chi connectivity index (χ0v) is 12.7. The third-order valence-corrected chi connectivity index (χ3v) is 6.07. The molecule has 108 valence electrons. The molecule has 1 atom stereocenters. The Hall–Kier alpha value is -0.130. The van der Waals surface area contributed by atoms with Gasteiger partial charge in [0.2, 0.25) is 0 Å². The van der Waals surface area contributed by atoms with Crippen LogP contribution in [-0.2, 0) is 14.6 Å². The fraction of sp³-hybridized carbons (Fsp3) is 1.00. The maximum absolute atomic E-state index is 11.8. The highest BCUT2D eigenvalue weighted by Gasteiger charge is 2.28. The summed E-state index contributed by atoms with van der Waals surface area (Å²) in [5.41, 5.74) is 0. The van der Waals surface area contributed by atoms with E-state index in [4.69, 9.17) is 4.74 Å². The Balaban J connectivity index is 2.11. The van der Waals surface area contributed by atoms with E-state index in [1.165, 1.54) is 12.8 Å². The lowest BCUT2D eigenvalue weighted by Gasteiger charge is -2.22. The highest BCUT2D eigenvalue weighted by Crippen LogP contribution is 2.16. The zero-order chi connectivity index (χ0) is 13.6. The van der Waals surface area contributed by atoms with Crippen LogP contribution in [0, 0.1) is 5.92 Å². The zero-order valence-electron chi connectivity index (χ0n) is 11.9. The van der Waals surface area contributed by atoms with Gasteiger partial charge in [-0.3, -0.25) is 0 Å². The van der Waals surface area contributed by atoms with E-state index in [9.17, 15) is 8.42 Å². The van der Waals surface area contributed by atoms with Crippen LogP contribution in [0.2, 0.25) is 0 Å². The monoisotopic (exact) mass is 277 g/mol. The molecule has 0 spiro atoms. The van der Waals surface area contributed by atoms with Crippen LogP contribution in [0.4, 0.5) is 0 Å². The molecular weight excluding hydrogens is 250 g/mol. The van der Waals surface area contributed by atoms with Gasteiger partial charge in [-0.1, -0.05) is 0 Å². The largest absolute Gasteiger partial charge is 0.380 e. The topological polar surface area (TPSA) is 55.4 Å². The van der Waals surface area contributed by atoms with E-state index in [2.05, 4.69) is 5.32 Å².